The highest BCUT2D eigenvalue weighted by molar-refractivity contribution is 6.04. The number of urea groups is 1. The Balaban J connectivity index is 1.24. The Labute approximate surface area is 173 Å². The van der Waals surface area contributed by atoms with Crippen molar-refractivity contribution in [2.24, 2.45) is 0 Å². The monoisotopic (exact) mass is 410 g/mol. The zero-order valence-electron chi connectivity index (χ0n) is 16.3. The Bertz CT molecular complexity index is 950. The van der Waals surface area contributed by atoms with Crippen molar-refractivity contribution in [1.82, 2.24) is 20.5 Å². The molecule has 1 saturated heterocycles. The third-order valence-corrected chi connectivity index (χ3v) is 4.97. The average molecular weight is 410 g/mol. The lowest BCUT2D eigenvalue weighted by Crippen LogP contribution is -2.33. The molecule has 1 atom stereocenters. The van der Waals surface area contributed by atoms with E-state index in [4.69, 9.17) is 9.47 Å². The topological polar surface area (TPSA) is 110 Å². The van der Waals surface area contributed by atoms with Crippen LogP contribution >= 0.6 is 0 Å². The standard InChI is InChI=1S/C21H22N4O5/c26-19(23-10-8-15-3-1-2-9-22-15)7-5-16-20(27)25(21(28)24-16)12-14-4-6-17-18(11-14)30-13-29-17/h1-4,6,9,11,16H,5,7-8,10,12-13H2,(H,23,26)(H,24,28). The van der Waals surface area contributed by atoms with Crippen LogP contribution < -0.4 is 20.1 Å². The molecule has 0 aliphatic carbocycles. The summed E-state index contributed by atoms with van der Waals surface area (Å²) in [5.74, 6) is 0.738. The van der Waals surface area contributed by atoms with Gasteiger partial charge in [0.25, 0.3) is 5.91 Å². The van der Waals surface area contributed by atoms with Crippen LogP contribution in [-0.2, 0) is 22.6 Å². The number of pyridine rings is 1. The van der Waals surface area contributed by atoms with Crippen molar-refractivity contribution in [3.8, 4) is 11.5 Å². The molecule has 2 aliphatic rings. The van der Waals surface area contributed by atoms with Crippen molar-refractivity contribution in [2.45, 2.75) is 31.8 Å². The van der Waals surface area contributed by atoms with Gasteiger partial charge in [-0.05, 0) is 36.2 Å². The molecule has 0 saturated carbocycles. The van der Waals surface area contributed by atoms with Crippen molar-refractivity contribution >= 4 is 17.8 Å². The summed E-state index contributed by atoms with van der Waals surface area (Å²) in [6, 6.07) is 9.77. The van der Waals surface area contributed by atoms with Crippen LogP contribution in [0.2, 0.25) is 0 Å². The van der Waals surface area contributed by atoms with Crippen LogP contribution in [-0.4, -0.2) is 47.1 Å². The van der Waals surface area contributed by atoms with E-state index in [1.165, 1.54) is 0 Å². The molecule has 2 aliphatic heterocycles. The first-order chi connectivity index (χ1) is 14.6. The molecule has 0 spiro atoms. The summed E-state index contributed by atoms with van der Waals surface area (Å²) in [6.45, 7) is 0.763. The smallest absolute Gasteiger partial charge is 0.325 e. The summed E-state index contributed by atoms with van der Waals surface area (Å²) in [6.07, 6.45) is 2.74. The fourth-order valence-electron chi connectivity index (χ4n) is 3.38. The predicted molar refractivity (Wildman–Crippen MR) is 106 cm³/mol. The van der Waals surface area contributed by atoms with E-state index >= 15 is 0 Å². The minimum absolute atomic E-state index is 0.133. The number of ether oxygens (including phenoxy) is 2. The Morgan fingerprint density at radius 2 is 2.07 bits per heavy atom. The first-order valence-electron chi connectivity index (χ1n) is 9.77. The van der Waals surface area contributed by atoms with Crippen LogP contribution in [0.5, 0.6) is 11.5 Å². The number of benzene rings is 1. The zero-order chi connectivity index (χ0) is 20.9. The number of carbonyl (C=O) groups is 3. The van der Waals surface area contributed by atoms with Gasteiger partial charge in [0, 0.05) is 31.3 Å². The van der Waals surface area contributed by atoms with Gasteiger partial charge in [0.15, 0.2) is 11.5 Å². The fourth-order valence-corrected chi connectivity index (χ4v) is 3.38. The van der Waals surface area contributed by atoms with Crippen molar-refractivity contribution in [3.05, 3.63) is 53.9 Å². The normalized spacial score (nSPS) is 17.2. The third kappa shape index (κ3) is 4.51. The highest BCUT2D eigenvalue weighted by atomic mass is 16.7. The zero-order valence-corrected chi connectivity index (χ0v) is 16.3. The number of fused-ring (bicyclic) bond motifs is 1. The number of carbonyl (C=O) groups excluding carboxylic acids is 3. The first-order valence-corrected chi connectivity index (χ1v) is 9.77. The van der Waals surface area contributed by atoms with Gasteiger partial charge in [-0.1, -0.05) is 12.1 Å². The van der Waals surface area contributed by atoms with Gasteiger partial charge in [0.2, 0.25) is 12.7 Å². The number of hydrogen-bond donors (Lipinski definition) is 2. The molecule has 1 aromatic carbocycles. The number of rotatable bonds is 8. The van der Waals surface area contributed by atoms with E-state index < -0.39 is 12.1 Å². The summed E-state index contributed by atoms with van der Waals surface area (Å²) in [7, 11) is 0. The maximum absolute atomic E-state index is 12.6. The second-order valence-electron chi connectivity index (χ2n) is 7.07. The molecular formula is C21H22N4O5. The summed E-state index contributed by atoms with van der Waals surface area (Å²) < 4.78 is 10.6. The minimum Gasteiger partial charge on any atom is -0.454 e. The lowest BCUT2D eigenvalue weighted by Gasteiger charge is -2.13. The molecule has 1 aromatic heterocycles. The minimum atomic E-state index is -0.701. The molecular weight excluding hydrogens is 388 g/mol. The predicted octanol–water partition coefficient (Wildman–Crippen LogP) is 1.37. The summed E-state index contributed by atoms with van der Waals surface area (Å²) in [5, 5.41) is 5.47. The summed E-state index contributed by atoms with van der Waals surface area (Å²) >= 11 is 0. The van der Waals surface area contributed by atoms with Gasteiger partial charge in [0.1, 0.15) is 6.04 Å². The van der Waals surface area contributed by atoms with Crippen LogP contribution in [0.15, 0.2) is 42.6 Å². The lowest BCUT2D eigenvalue weighted by atomic mass is 10.1. The molecule has 4 rings (SSSR count). The van der Waals surface area contributed by atoms with Crippen molar-refractivity contribution in [3.63, 3.8) is 0 Å². The second-order valence-corrected chi connectivity index (χ2v) is 7.07. The Morgan fingerprint density at radius 1 is 1.20 bits per heavy atom. The van der Waals surface area contributed by atoms with E-state index in [0.29, 0.717) is 24.5 Å². The molecule has 2 aromatic rings. The van der Waals surface area contributed by atoms with Gasteiger partial charge in [0.05, 0.1) is 6.54 Å². The first kappa shape index (κ1) is 19.7. The van der Waals surface area contributed by atoms with Crippen molar-refractivity contribution in [2.75, 3.05) is 13.3 Å². The molecule has 4 amide bonds. The van der Waals surface area contributed by atoms with Gasteiger partial charge in [-0.25, -0.2) is 4.79 Å². The molecule has 0 radical (unpaired) electrons. The number of aromatic nitrogens is 1. The highest BCUT2D eigenvalue weighted by Crippen LogP contribution is 2.33. The SMILES string of the molecule is O=C(CCC1NC(=O)N(Cc2ccc3c(c2)OCO3)C1=O)NCCc1ccccn1. The van der Waals surface area contributed by atoms with Crippen LogP contribution in [0.3, 0.4) is 0 Å². The summed E-state index contributed by atoms with van der Waals surface area (Å²) in [5.41, 5.74) is 1.66. The summed E-state index contributed by atoms with van der Waals surface area (Å²) in [4.78, 5) is 42.3. The van der Waals surface area contributed by atoms with E-state index in [9.17, 15) is 14.4 Å². The quantitative estimate of drug-likeness (QED) is 0.636. The third-order valence-electron chi connectivity index (χ3n) is 4.97. The largest absolute Gasteiger partial charge is 0.454 e. The second kappa shape index (κ2) is 8.81. The fraction of sp³-hybridized carbons (Fsp3) is 0.333. The van der Waals surface area contributed by atoms with Crippen LogP contribution in [0.1, 0.15) is 24.1 Å². The molecule has 2 N–H and O–H groups in total. The number of nitrogens with zero attached hydrogens (tertiary/aromatic N) is 2. The average Bonchev–Trinajstić information content (AvgIpc) is 3.32. The molecule has 1 fully saturated rings. The van der Waals surface area contributed by atoms with E-state index in [2.05, 4.69) is 15.6 Å². The van der Waals surface area contributed by atoms with Gasteiger partial charge >= 0.3 is 6.03 Å². The molecule has 9 heteroatoms. The molecule has 1 unspecified atom stereocenters. The van der Waals surface area contributed by atoms with Gasteiger partial charge in [-0.2, -0.15) is 0 Å². The number of hydrogen-bond acceptors (Lipinski definition) is 6. The van der Waals surface area contributed by atoms with Gasteiger partial charge in [-0.15, -0.1) is 0 Å². The Kier molecular flexibility index (Phi) is 5.78. The highest BCUT2D eigenvalue weighted by Gasteiger charge is 2.38. The van der Waals surface area contributed by atoms with Gasteiger partial charge < -0.3 is 20.1 Å². The van der Waals surface area contributed by atoms with E-state index in [-0.39, 0.29) is 38.0 Å². The van der Waals surface area contributed by atoms with E-state index in [1.54, 1.807) is 24.4 Å². The van der Waals surface area contributed by atoms with Gasteiger partial charge in [-0.3, -0.25) is 19.5 Å². The van der Waals surface area contributed by atoms with Crippen LogP contribution in [0, 0.1) is 0 Å². The molecule has 3 heterocycles. The molecule has 9 nitrogen and oxygen atoms in total. The van der Waals surface area contributed by atoms with E-state index in [0.717, 1.165) is 16.2 Å². The number of amides is 4. The lowest BCUT2D eigenvalue weighted by molar-refractivity contribution is -0.128. The Morgan fingerprint density at radius 3 is 2.90 bits per heavy atom. The van der Waals surface area contributed by atoms with Crippen molar-refractivity contribution in [1.29, 1.82) is 0 Å². The molecule has 30 heavy (non-hydrogen) atoms. The van der Waals surface area contributed by atoms with E-state index in [1.807, 2.05) is 18.2 Å². The number of nitrogens with one attached hydrogen (secondary N) is 2. The Hall–Kier alpha value is -3.62. The molecule has 0 bridgehead atoms. The number of imide groups is 1. The van der Waals surface area contributed by atoms with Crippen LogP contribution in [0.4, 0.5) is 4.79 Å². The maximum atomic E-state index is 12.6. The van der Waals surface area contributed by atoms with Crippen molar-refractivity contribution < 1.29 is 23.9 Å². The maximum Gasteiger partial charge on any atom is 0.325 e. The molecule has 156 valence electrons. The van der Waals surface area contributed by atoms with Crippen LogP contribution in [0.25, 0.3) is 0 Å².